The van der Waals surface area contributed by atoms with E-state index in [9.17, 15) is 15.0 Å². The Balaban J connectivity index is 2.77. The van der Waals surface area contributed by atoms with Crippen LogP contribution < -0.4 is 5.73 Å². The van der Waals surface area contributed by atoms with Crippen molar-refractivity contribution in [3.63, 3.8) is 0 Å². The van der Waals surface area contributed by atoms with Crippen molar-refractivity contribution in [1.29, 1.82) is 0 Å². The second kappa shape index (κ2) is 6.32. The molecule has 0 radical (unpaired) electrons. The molecule has 0 aromatic carbocycles. The highest BCUT2D eigenvalue weighted by Gasteiger charge is 2.25. The number of ether oxygens (including phenoxy) is 1. The lowest BCUT2D eigenvalue weighted by atomic mass is 10.0. The van der Waals surface area contributed by atoms with Crippen LogP contribution in [0.5, 0.6) is 0 Å². The molecule has 0 bridgehead atoms. The second-order valence-electron chi connectivity index (χ2n) is 3.95. The largest absolute Gasteiger partial charge is 0.466 e. The third-order valence-electron chi connectivity index (χ3n) is 2.56. The van der Waals surface area contributed by atoms with E-state index in [1.54, 1.807) is 19.9 Å². The summed E-state index contributed by atoms with van der Waals surface area (Å²) in [7, 11) is 0. The van der Waals surface area contributed by atoms with Crippen LogP contribution in [0.3, 0.4) is 0 Å². The maximum Gasteiger partial charge on any atom is 0.308 e. The fourth-order valence-corrected chi connectivity index (χ4v) is 1.51. The zero-order valence-electron chi connectivity index (χ0n) is 10.5. The van der Waals surface area contributed by atoms with Crippen LogP contribution in [0.25, 0.3) is 0 Å². The van der Waals surface area contributed by atoms with E-state index < -0.39 is 18.2 Å². The van der Waals surface area contributed by atoms with Crippen molar-refractivity contribution in [1.82, 2.24) is 4.98 Å². The number of nitrogen functional groups attached to an aromatic ring is 1. The molecule has 0 saturated carbocycles. The van der Waals surface area contributed by atoms with Crippen LogP contribution in [0, 0.1) is 6.92 Å². The molecule has 1 aromatic rings. The number of esters is 1. The van der Waals surface area contributed by atoms with Gasteiger partial charge in [0.2, 0.25) is 0 Å². The Labute approximate surface area is 105 Å². The number of carbonyl (C=O) groups excluding carboxylic acids is 1. The Morgan fingerprint density at radius 3 is 2.83 bits per heavy atom. The van der Waals surface area contributed by atoms with Gasteiger partial charge in [0.15, 0.2) is 0 Å². The molecular formula is C12H18N2O4. The first kappa shape index (κ1) is 14.4. The molecule has 2 atom stereocenters. The summed E-state index contributed by atoms with van der Waals surface area (Å²) in [5, 5.41) is 19.6. The molecule has 0 amide bonds. The van der Waals surface area contributed by atoms with Crippen molar-refractivity contribution in [2.24, 2.45) is 0 Å². The van der Waals surface area contributed by atoms with Gasteiger partial charge < -0.3 is 20.7 Å². The first-order valence-corrected chi connectivity index (χ1v) is 5.70. The Hall–Kier alpha value is -1.66. The van der Waals surface area contributed by atoms with E-state index in [0.717, 1.165) is 5.56 Å². The number of aromatic nitrogens is 1. The van der Waals surface area contributed by atoms with E-state index in [1.165, 1.54) is 6.20 Å². The zero-order chi connectivity index (χ0) is 13.7. The highest BCUT2D eigenvalue weighted by atomic mass is 16.5. The summed E-state index contributed by atoms with van der Waals surface area (Å²) in [5.41, 5.74) is 7.00. The van der Waals surface area contributed by atoms with Gasteiger partial charge in [0, 0.05) is 6.20 Å². The van der Waals surface area contributed by atoms with Crippen LogP contribution in [-0.2, 0) is 9.53 Å². The highest BCUT2D eigenvalue weighted by molar-refractivity contribution is 5.70. The minimum atomic E-state index is -1.31. The van der Waals surface area contributed by atoms with Gasteiger partial charge in [0.05, 0.1) is 30.5 Å². The van der Waals surface area contributed by atoms with Gasteiger partial charge in [-0.25, -0.2) is 0 Å². The van der Waals surface area contributed by atoms with E-state index in [1.807, 2.05) is 0 Å². The number of nitrogens with zero attached hydrogens (tertiary/aromatic N) is 1. The Morgan fingerprint density at radius 1 is 1.56 bits per heavy atom. The van der Waals surface area contributed by atoms with E-state index in [4.69, 9.17) is 10.5 Å². The van der Waals surface area contributed by atoms with Crippen LogP contribution in [0.4, 0.5) is 5.69 Å². The number of aliphatic hydroxyl groups is 2. The van der Waals surface area contributed by atoms with Crippen LogP contribution in [0.2, 0.25) is 0 Å². The first-order valence-electron chi connectivity index (χ1n) is 5.70. The van der Waals surface area contributed by atoms with Crippen molar-refractivity contribution in [2.45, 2.75) is 32.5 Å². The summed E-state index contributed by atoms with van der Waals surface area (Å²) in [5.74, 6) is -0.574. The number of anilines is 1. The van der Waals surface area contributed by atoms with Gasteiger partial charge >= 0.3 is 5.97 Å². The number of aliphatic hydroxyl groups excluding tert-OH is 2. The summed E-state index contributed by atoms with van der Waals surface area (Å²) >= 11 is 0. The Kier molecular flexibility index (Phi) is 5.06. The molecule has 4 N–H and O–H groups in total. The van der Waals surface area contributed by atoms with Crippen LogP contribution in [0.15, 0.2) is 12.3 Å². The first-order chi connectivity index (χ1) is 8.47. The average molecular weight is 254 g/mol. The molecule has 1 aromatic heterocycles. The van der Waals surface area contributed by atoms with Crippen molar-refractivity contribution >= 4 is 11.7 Å². The molecule has 0 spiro atoms. The monoisotopic (exact) mass is 254 g/mol. The van der Waals surface area contributed by atoms with Gasteiger partial charge in [-0.05, 0) is 25.5 Å². The minimum absolute atomic E-state index is 0.173. The highest BCUT2D eigenvalue weighted by Crippen LogP contribution is 2.24. The molecule has 6 heteroatoms. The summed E-state index contributed by atoms with van der Waals surface area (Å²) in [6.07, 6.45) is -1.42. The van der Waals surface area contributed by atoms with E-state index >= 15 is 0 Å². The summed E-state index contributed by atoms with van der Waals surface area (Å²) in [6, 6.07) is 1.70. The van der Waals surface area contributed by atoms with Gasteiger partial charge in [-0.2, -0.15) is 0 Å². The smallest absolute Gasteiger partial charge is 0.308 e. The number of rotatable bonds is 5. The lowest BCUT2D eigenvalue weighted by molar-refractivity contribution is -0.147. The molecule has 0 aliphatic heterocycles. The molecule has 100 valence electrons. The summed E-state index contributed by atoms with van der Waals surface area (Å²) in [4.78, 5) is 15.1. The molecule has 0 aliphatic rings. The van der Waals surface area contributed by atoms with Crippen molar-refractivity contribution in [3.8, 4) is 0 Å². The predicted octanol–water partition coefficient (Wildman–Crippen LogP) is 0.320. The van der Waals surface area contributed by atoms with Crippen molar-refractivity contribution in [3.05, 3.63) is 23.5 Å². The number of pyridine rings is 1. The third kappa shape index (κ3) is 3.41. The molecule has 1 heterocycles. The Bertz CT molecular complexity index is 423. The topological polar surface area (TPSA) is 106 Å². The molecule has 0 fully saturated rings. The quantitative estimate of drug-likeness (QED) is 0.653. The zero-order valence-corrected chi connectivity index (χ0v) is 10.5. The van der Waals surface area contributed by atoms with E-state index in [2.05, 4.69) is 4.98 Å². The molecular weight excluding hydrogens is 236 g/mol. The SMILES string of the molecule is CCOC(=O)CC(O)C(O)c1nccc(C)c1N. The third-order valence-corrected chi connectivity index (χ3v) is 2.56. The maximum absolute atomic E-state index is 11.2. The van der Waals surface area contributed by atoms with Crippen LogP contribution >= 0.6 is 0 Å². The fourth-order valence-electron chi connectivity index (χ4n) is 1.51. The van der Waals surface area contributed by atoms with Gasteiger partial charge in [0.1, 0.15) is 6.10 Å². The molecule has 1 rings (SSSR count). The van der Waals surface area contributed by atoms with Gasteiger partial charge in [0.25, 0.3) is 0 Å². The number of carbonyl (C=O) groups is 1. The lowest BCUT2D eigenvalue weighted by Crippen LogP contribution is -2.24. The van der Waals surface area contributed by atoms with Crippen molar-refractivity contribution < 1.29 is 19.7 Å². The van der Waals surface area contributed by atoms with Crippen LogP contribution in [0.1, 0.15) is 30.7 Å². The molecule has 0 aliphatic carbocycles. The molecule has 0 saturated heterocycles. The second-order valence-corrected chi connectivity index (χ2v) is 3.95. The van der Waals surface area contributed by atoms with Gasteiger partial charge in [-0.15, -0.1) is 0 Å². The number of hydrogen-bond acceptors (Lipinski definition) is 6. The summed E-state index contributed by atoms with van der Waals surface area (Å²) < 4.78 is 4.69. The normalized spacial score (nSPS) is 14.0. The average Bonchev–Trinajstić information content (AvgIpc) is 2.32. The molecule has 2 unspecified atom stereocenters. The lowest BCUT2D eigenvalue weighted by Gasteiger charge is -2.18. The standard InChI is InChI=1S/C12H18N2O4/c1-3-18-9(16)6-8(15)12(17)11-10(13)7(2)4-5-14-11/h4-5,8,12,15,17H,3,6,13H2,1-2H3. The van der Waals surface area contributed by atoms with Gasteiger partial charge in [-0.1, -0.05) is 0 Å². The van der Waals surface area contributed by atoms with E-state index in [0.29, 0.717) is 5.69 Å². The summed E-state index contributed by atoms with van der Waals surface area (Å²) in [6.45, 7) is 3.66. The molecule has 6 nitrogen and oxygen atoms in total. The van der Waals surface area contributed by atoms with Gasteiger partial charge in [-0.3, -0.25) is 9.78 Å². The van der Waals surface area contributed by atoms with Crippen LogP contribution in [-0.4, -0.2) is 33.9 Å². The predicted molar refractivity (Wildman–Crippen MR) is 65.6 cm³/mol. The minimum Gasteiger partial charge on any atom is -0.466 e. The van der Waals surface area contributed by atoms with Crippen molar-refractivity contribution in [2.75, 3.05) is 12.3 Å². The van der Waals surface area contributed by atoms with E-state index in [-0.39, 0.29) is 18.7 Å². The number of hydrogen-bond donors (Lipinski definition) is 3. The molecule has 18 heavy (non-hydrogen) atoms. The number of nitrogens with two attached hydrogens (primary N) is 1. The maximum atomic E-state index is 11.2. The Morgan fingerprint density at radius 2 is 2.22 bits per heavy atom. The fraction of sp³-hybridized carbons (Fsp3) is 0.500. The number of aryl methyl sites for hydroxylation is 1.